The van der Waals surface area contributed by atoms with Crippen molar-refractivity contribution >= 4 is 27.3 Å². The number of nitrogens with zero attached hydrogens (tertiary/aromatic N) is 2. The summed E-state index contributed by atoms with van der Waals surface area (Å²) >= 11 is 5.56. The number of sulfonamides is 1. The predicted molar refractivity (Wildman–Crippen MR) is 83.2 cm³/mol. The van der Waals surface area contributed by atoms with Crippen LogP contribution in [0.4, 0.5) is 18.9 Å². The molecule has 0 bridgehead atoms. The topological polar surface area (TPSA) is 61.2 Å². The Bertz CT molecular complexity index is 921. The molecule has 2 aromatic carbocycles. The number of benzene rings is 2. The summed E-state index contributed by atoms with van der Waals surface area (Å²) in [6.07, 6.45) is -4.89. The van der Waals surface area contributed by atoms with Gasteiger partial charge in [-0.15, -0.1) is 0 Å². The molecule has 0 aliphatic rings. The van der Waals surface area contributed by atoms with Crippen molar-refractivity contribution in [3.05, 3.63) is 58.6 Å². The molecule has 2 aromatic rings. The van der Waals surface area contributed by atoms with Gasteiger partial charge in [0.25, 0.3) is 10.0 Å². The van der Waals surface area contributed by atoms with Gasteiger partial charge in [-0.2, -0.15) is 18.4 Å². The van der Waals surface area contributed by atoms with E-state index in [0.717, 1.165) is 19.2 Å². The smallest absolute Gasteiger partial charge is 0.269 e. The summed E-state index contributed by atoms with van der Waals surface area (Å²) in [7, 11) is -3.39. The molecule has 0 spiro atoms. The van der Waals surface area contributed by atoms with E-state index in [9.17, 15) is 21.6 Å². The molecule has 0 heterocycles. The first-order chi connectivity index (χ1) is 11.1. The summed E-state index contributed by atoms with van der Waals surface area (Å²) in [4.78, 5) is -0.913. The first kappa shape index (κ1) is 18.1. The number of alkyl halides is 3. The second-order valence-electron chi connectivity index (χ2n) is 4.77. The van der Waals surface area contributed by atoms with Crippen molar-refractivity contribution in [2.45, 2.75) is 11.1 Å². The summed E-state index contributed by atoms with van der Waals surface area (Å²) in [6.45, 7) is 0. The van der Waals surface area contributed by atoms with E-state index in [-0.39, 0.29) is 16.3 Å². The highest BCUT2D eigenvalue weighted by Gasteiger charge is 2.38. The lowest BCUT2D eigenvalue weighted by Gasteiger charge is -2.22. The van der Waals surface area contributed by atoms with E-state index in [1.807, 2.05) is 6.07 Å². The molecule has 0 radical (unpaired) electrons. The van der Waals surface area contributed by atoms with E-state index < -0.39 is 26.7 Å². The van der Waals surface area contributed by atoms with Crippen molar-refractivity contribution < 1.29 is 21.6 Å². The molecule has 0 unspecified atom stereocenters. The molecule has 0 amide bonds. The van der Waals surface area contributed by atoms with Gasteiger partial charge in [0.2, 0.25) is 0 Å². The van der Waals surface area contributed by atoms with Crippen molar-refractivity contribution in [1.29, 1.82) is 5.26 Å². The average Bonchev–Trinajstić information content (AvgIpc) is 2.53. The molecule has 0 N–H and O–H groups in total. The van der Waals surface area contributed by atoms with Gasteiger partial charge in [-0.1, -0.05) is 17.7 Å². The number of anilines is 1. The maximum atomic E-state index is 13.2. The van der Waals surface area contributed by atoms with Crippen LogP contribution in [0.25, 0.3) is 0 Å². The van der Waals surface area contributed by atoms with Crippen LogP contribution in [0.3, 0.4) is 0 Å². The number of hydrogen-bond acceptors (Lipinski definition) is 3. The lowest BCUT2D eigenvalue weighted by Crippen LogP contribution is -2.28. The number of rotatable bonds is 3. The molecule has 0 aliphatic heterocycles. The van der Waals surface area contributed by atoms with Crippen LogP contribution < -0.4 is 4.31 Å². The Balaban J connectivity index is 2.61. The third-order valence-corrected chi connectivity index (χ3v) is 5.30. The first-order valence-corrected chi connectivity index (χ1v) is 8.25. The van der Waals surface area contributed by atoms with E-state index >= 15 is 0 Å². The molecule has 126 valence electrons. The van der Waals surface area contributed by atoms with Crippen LogP contribution in [0.15, 0.2) is 47.4 Å². The molecule has 2 rings (SSSR count). The Morgan fingerprint density at radius 1 is 1.17 bits per heavy atom. The molecule has 0 aromatic heterocycles. The molecule has 0 fully saturated rings. The van der Waals surface area contributed by atoms with E-state index in [1.54, 1.807) is 0 Å². The Morgan fingerprint density at radius 2 is 1.83 bits per heavy atom. The van der Waals surface area contributed by atoms with Crippen LogP contribution in [-0.2, 0) is 16.2 Å². The Hall–Kier alpha value is -2.24. The van der Waals surface area contributed by atoms with Gasteiger partial charge < -0.3 is 0 Å². The van der Waals surface area contributed by atoms with Crippen LogP contribution in [0, 0.1) is 11.3 Å². The minimum atomic E-state index is -4.89. The van der Waals surface area contributed by atoms with Crippen LogP contribution in [-0.4, -0.2) is 15.5 Å². The van der Waals surface area contributed by atoms with Crippen LogP contribution in [0.2, 0.25) is 5.02 Å². The van der Waals surface area contributed by atoms with E-state index in [2.05, 4.69) is 0 Å². The molecular weight excluding hydrogens is 365 g/mol. The second kappa shape index (κ2) is 6.34. The maximum Gasteiger partial charge on any atom is 0.417 e. The van der Waals surface area contributed by atoms with Crippen LogP contribution in [0.5, 0.6) is 0 Å². The molecule has 0 saturated carbocycles. The molecule has 0 saturated heterocycles. The Labute approximate surface area is 141 Å². The largest absolute Gasteiger partial charge is 0.417 e. The molecule has 0 atom stereocenters. The van der Waals surface area contributed by atoms with Crippen molar-refractivity contribution in [2.24, 2.45) is 0 Å². The summed E-state index contributed by atoms with van der Waals surface area (Å²) in [6, 6.07) is 9.81. The van der Waals surface area contributed by atoms with Crippen LogP contribution >= 0.6 is 11.6 Å². The highest BCUT2D eigenvalue weighted by atomic mass is 35.5. The van der Waals surface area contributed by atoms with Gasteiger partial charge in [-0.25, -0.2) is 8.42 Å². The molecule has 24 heavy (non-hydrogen) atoms. The summed E-state index contributed by atoms with van der Waals surface area (Å²) in [5, 5.41) is 8.64. The van der Waals surface area contributed by atoms with Crippen molar-refractivity contribution in [3.63, 3.8) is 0 Å². The summed E-state index contributed by atoms with van der Waals surface area (Å²) < 4.78 is 65.4. The zero-order valence-electron chi connectivity index (χ0n) is 12.2. The van der Waals surface area contributed by atoms with Gasteiger partial charge in [-0.3, -0.25) is 4.31 Å². The quantitative estimate of drug-likeness (QED) is 0.814. The van der Waals surface area contributed by atoms with E-state index in [0.29, 0.717) is 10.4 Å². The zero-order valence-corrected chi connectivity index (χ0v) is 13.7. The molecule has 9 heteroatoms. The maximum absolute atomic E-state index is 13.2. The van der Waals surface area contributed by atoms with Crippen molar-refractivity contribution in [3.8, 4) is 6.07 Å². The monoisotopic (exact) mass is 374 g/mol. The lowest BCUT2D eigenvalue weighted by atomic mass is 10.2. The van der Waals surface area contributed by atoms with Gasteiger partial charge in [0.1, 0.15) is 0 Å². The van der Waals surface area contributed by atoms with E-state index in [4.69, 9.17) is 16.9 Å². The third kappa shape index (κ3) is 3.47. The predicted octanol–water partition coefficient (Wildman–Crippen LogP) is 4.06. The fourth-order valence-corrected chi connectivity index (χ4v) is 3.56. The summed E-state index contributed by atoms with van der Waals surface area (Å²) in [5.41, 5.74) is -1.10. The number of halogens is 4. The van der Waals surface area contributed by atoms with Gasteiger partial charge in [0.05, 0.1) is 27.8 Å². The Kier molecular flexibility index (Phi) is 4.78. The van der Waals surface area contributed by atoms with Crippen LogP contribution in [0.1, 0.15) is 11.1 Å². The molecular formula is C15H10ClF3N2O2S. The Morgan fingerprint density at radius 3 is 2.42 bits per heavy atom. The second-order valence-corrected chi connectivity index (χ2v) is 7.15. The van der Waals surface area contributed by atoms with Crippen molar-refractivity contribution in [1.82, 2.24) is 0 Å². The fourth-order valence-electron chi connectivity index (χ4n) is 2.01. The SMILES string of the molecule is CN(c1cccc(C#N)c1)S(=O)(=O)c1ccc(Cl)cc1C(F)(F)F. The lowest BCUT2D eigenvalue weighted by molar-refractivity contribution is -0.139. The number of nitriles is 1. The fraction of sp³-hybridized carbons (Fsp3) is 0.133. The minimum Gasteiger partial charge on any atom is -0.269 e. The third-order valence-electron chi connectivity index (χ3n) is 3.22. The average molecular weight is 375 g/mol. The molecule has 0 aliphatic carbocycles. The zero-order chi connectivity index (χ0) is 18.1. The van der Waals surface area contributed by atoms with Gasteiger partial charge in [0.15, 0.2) is 0 Å². The first-order valence-electron chi connectivity index (χ1n) is 6.43. The number of hydrogen-bond donors (Lipinski definition) is 0. The van der Waals surface area contributed by atoms with Gasteiger partial charge in [0, 0.05) is 12.1 Å². The van der Waals surface area contributed by atoms with Gasteiger partial charge in [-0.05, 0) is 36.4 Å². The molecule has 4 nitrogen and oxygen atoms in total. The minimum absolute atomic E-state index is 0.0668. The highest BCUT2D eigenvalue weighted by Crippen LogP contribution is 2.37. The normalized spacial score (nSPS) is 11.8. The standard InChI is InChI=1S/C15H10ClF3N2O2S/c1-21(12-4-2-3-10(7-12)9-20)24(22,23)14-6-5-11(16)8-13(14)15(17,18)19/h2-8H,1H3. The highest BCUT2D eigenvalue weighted by molar-refractivity contribution is 7.92. The van der Waals surface area contributed by atoms with Gasteiger partial charge >= 0.3 is 6.18 Å². The summed E-state index contributed by atoms with van der Waals surface area (Å²) in [5.74, 6) is 0. The van der Waals surface area contributed by atoms with E-state index in [1.165, 1.54) is 24.3 Å². The van der Waals surface area contributed by atoms with Crippen molar-refractivity contribution in [2.75, 3.05) is 11.4 Å².